The van der Waals surface area contributed by atoms with Gasteiger partial charge in [0.2, 0.25) is 0 Å². The van der Waals surface area contributed by atoms with Crippen molar-refractivity contribution >= 4 is 21.6 Å². The van der Waals surface area contributed by atoms with E-state index in [9.17, 15) is 13.2 Å². The molecule has 2 rings (SSSR count). The maximum Gasteiger partial charge on any atom is 0.266 e. The molecule has 0 radical (unpaired) electrons. The average Bonchev–Trinajstić information content (AvgIpc) is 2.49. The zero-order valence-electron chi connectivity index (χ0n) is 9.17. The highest BCUT2D eigenvalue weighted by molar-refractivity contribution is 7.90. The van der Waals surface area contributed by atoms with Crippen molar-refractivity contribution in [1.29, 1.82) is 0 Å². The largest absolute Gasteiger partial charge is 0.395 e. The van der Waals surface area contributed by atoms with Gasteiger partial charge in [0, 0.05) is 19.3 Å². The Bertz CT molecular complexity index is 568. The van der Waals surface area contributed by atoms with Gasteiger partial charge in [-0.15, -0.1) is 0 Å². The lowest BCUT2D eigenvalue weighted by Crippen LogP contribution is -2.21. The molecule has 0 fully saturated rings. The van der Waals surface area contributed by atoms with E-state index in [-0.39, 0.29) is 17.1 Å². The first kappa shape index (κ1) is 11.9. The molecule has 17 heavy (non-hydrogen) atoms. The van der Waals surface area contributed by atoms with Gasteiger partial charge >= 0.3 is 0 Å². The van der Waals surface area contributed by atoms with Crippen LogP contribution in [-0.2, 0) is 10.0 Å². The van der Waals surface area contributed by atoms with E-state index in [0.717, 1.165) is 0 Å². The number of benzene rings is 1. The van der Waals surface area contributed by atoms with Gasteiger partial charge in [0.15, 0.2) is 0 Å². The normalized spacial score (nSPS) is 16.5. The average molecular weight is 256 g/mol. The van der Waals surface area contributed by atoms with Gasteiger partial charge < -0.3 is 10.0 Å². The van der Waals surface area contributed by atoms with Crippen molar-refractivity contribution in [3.63, 3.8) is 0 Å². The zero-order valence-corrected chi connectivity index (χ0v) is 9.99. The molecule has 0 spiro atoms. The fourth-order valence-electron chi connectivity index (χ4n) is 1.68. The highest BCUT2D eigenvalue weighted by Crippen LogP contribution is 2.26. The summed E-state index contributed by atoms with van der Waals surface area (Å²) in [5.74, 6) is -0.612. The summed E-state index contributed by atoms with van der Waals surface area (Å²) in [6.45, 7) is 0.394. The number of carbonyl (C=O) groups is 1. The molecule has 1 aliphatic heterocycles. The number of amides is 1. The molecule has 2 N–H and O–H groups in total. The van der Waals surface area contributed by atoms with Crippen LogP contribution in [0.25, 0.3) is 0 Å². The number of aliphatic hydroxyl groups excluding tert-OH is 1. The molecular formula is C10H12N2O4S. The molecule has 6 nitrogen and oxygen atoms in total. The van der Waals surface area contributed by atoms with Crippen LogP contribution in [0.4, 0.5) is 5.69 Å². The molecule has 0 unspecified atom stereocenters. The van der Waals surface area contributed by atoms with Crippen LogP contribution in [0.5, 0.6) is 0 Å². The van der Waals surface area contributed by atoms with E-state index in [1.165, 1.54) is 12.1 Å². The monoisotopic (exact) mass is 256 g/mol. The SMILES string of the molecule is CN(CCO)c1ccc2c(c1)C(=O)NS2(=O)=O. The minimum absolute atomic E-state index is 0.00338. The molecule has 1 aliphatic rings. The number of aliphatic hydroxyl groups is 1. The van der Waals surface area contributed by atoms with E-state index in [2.05, 4.69) is 0 Å². The van der Waals surface area contributed by atoms with Gasteiger partial charge in [-0.1, -0.05) is 0 Å². The molecule has 0 saturated carbocycles. The lowest BCUT2D eigenvalue weighted by molar-refractivity contribution is 0.0985. The number of nitrogens with one attached hydrogen (secondary N) is 1. The van der Waals surface area contributed by atoms with Crippen molar-refractivity contribution in [2.24, 2.45) is 0 Å². The smallest absolute Gasteiger partial charge is 0.266 e. The van der Waals surface area contributed by atoms with Gasteiger partial charge in [-0.3, -0.25) is 4.79 Å². The first-order valence-electron chi connectivity index (χ1n) is 4.99. The molecule has 7 heteroatoms. The van der Waals surface area contributed by atoms with Gasteiger partial charge in [-0.25, -0.2) is 13.1 Å². The highest BCUT2D eigenvalue weighted by Gasteiger charge is 2.32. The Labute approximate surface area is 98.9 Å². The summed E-state index contributed by atoms with van der Waals surface area (Å²) in [5, 5.41) is 8.81. The first-order chi connectivity index (χ1) is 7.95. The second-order valence-corrected chi connectivity index (χ2v) is 5.41. The van der Waals surface area contributed by atoms with Gasteiger partial charge in [-0.2, -0.15) is 0 Å². The number of sulfonamides is 1. The minimum atomic E-state index is -3.68. The third-order valence-corrected chi connectivity index (χ3v) is 3.99. The van der Waals surface area contributed by atoms with E-state index in [1.807, 2.05) is 4.72 Å². The van der Waals surface area contributed by atoms with E-state index in [4.69, 9.17) is 5.11 Å². The van der Waals surface area contributed by atoms with Gasteiger partial charge in [0.25, 0.3) is 15.9 Å². The summed E-state index contributed by atoms with van der Waals surface area (Å²) in [4.78, 5) is 13.2. The molecule has 1 heterocycles. The predicted octanol–water partition coefficient (Wildman–Crippen LogP) is -0.453. The van der Waals surface area contributed by atoms with Crippen molar-refractivity contribution in [3.8, 4) is 0 Å². The molecule has 0 aliphatic carbocycles. The summed E-state index contributed by atoms with van der Waals surface area (Å²) in [5.41, 5.74) is 0.831. The quantitative estimate of drug-likeness (QED) is 0.764. The van der Waals surface area contributed by atoms with Crippen molar-refractivity contribution < 1.29 is 18.3 Å². The van der Waals surface area contributed by atoms with Crippen LogP contribution in [0.2, 0.25) is 0 Å². The summed E-state index contributed by atoms with van der Waals surface area (Å²) in [7, 11) is -1.93. The number of hydrogen-bond acceptors (Lipinski definition) is 5. The number of fused-ring (bicyclic) bond motifs is 1. The lowest BCUT2D eigenvalue weighted by atomic mass is 10.2. The summed E-state index contributed by atoms with van der Waals surface area (Å²) >= 11 is 0. The molecule has 1 amide bonds. The van der Waals surface area contributed by atoms with Crippen molar-refractivity contribution in [1.82, 2.24) is 4.72 Å². The number of nitrogens with zero attached hydrogens (tertiary/aromatic N) is 1. The molecule has 1 aromatic carbocycles. The number of likely N-dealkylation sites (N-methyl/N-ethyl adjacent to an activating group) is 1. The third-order valence-electron chi connectivity index (χ3n) is 2.60. The number of carbonyl (C=O) groups excluding carboxylic acids is 1. The van der Waals surface area contributed by atoms with Crippen LogP contribution in [0, 0.1) is 0 Å². The van der Waals surface area contributed by atoms with Crippen LogP contribution in [-0.4, -0.2) is 39.6 Å². The Kier molecular flexibility index (Phi) is 2.80. The zero-order chi connectivity index (χ0) is 12.6. The number of hydrogen-bond donors (Lipinski definition) is 2. The lowest BCUT2D eigenvalue weighted by Gasteiger charge is -2.18. The first-order valence-corrected chi connectivity index (χ1v) is 6.47. The Morgan fingerprint density at radius 1 is 1.41 bits per heavy atom. The number of anilines is 1. The Morgan fingerprint density at radius 3 is 2.76 bits per heavy atom. The summed E-state index contributed by atoms with van der Waals surface area (Å²) in [6, 6.07) is 4.50. The van der Waals surface area contributed by atoms with Gasteiger partial charge in [-0.05, 0) is 18.2 Å². The van der Waals surface area contributed by atoms with Crippen LogP contribution < -0.4 is 9.62 Å². The van der Waals surface area contributed by atoms with Crippen LogP contribution in [0.15, 0.2) is 23.1 Å². The van der Waals surface area contributed by atoms with Crippen LogP contribution >= 0.6 is 0 Å². The second kappa shape index (κ2) is 4.01. The summed E-state index contributed by atoms with van der Waals surface area (Å²) < 4.78 is 24.9. The highest BCUT2D eigenvalue weighted by atomic mass is 32.2. The maximum absolute atomic E-state index is 11.5. The van der Waals surface area contributed by atoms with E-state index >= 15 is 0 Å². The van der Waals surface area contributed by atoms with E-state index < -0.39 is 15.9 Å². The van der Waals surface area contributed by atoms with Crippen LogP contribution in [0.1, 0.15) is 10.4 Å². The van der Waals surface area contributed by atoms with Crippen LogP contribution in [0.3, 0.4) is 0 Å². The van der Waals surface area contributed by atoms with Gasteiger partial charge in [0.1, 0.15) is 4.90 Å². The molecule has 0 saturated heterocycles. The number of rotatable bonds is 3. The van der Waals surface area contributed by atoms with E-state index in [0.29, 0.717) is 12.2 Å². The molecule has 0 bridgehead atoms. The fourth-order valence-corrected chi connectivity index (χ4v) is 2.83. The topological polar surface area (TPSA) is 86.7 Å². The van der Waals surface area contributed by atoms with Gasteiger partial charge in [0.05, 0.1) is 12.2 Å². The summed E-state index contributed by atoms with van der Waals surface area (Å²) in [6.07, 6.45) is 0. The molecule has 1 aromatic rings. The third kappa shape index (κ3) is 1.98. The Hall–Kier alpha value is -1.60. The molecule has 0 atom stereocenters. The second-order valence-electron chi connectivity index (χ2n) is 3.76. The maximum atomic E-state index is 11.5. The van der Waals surface area contributed by atoms with Crippen molar-refractivity contribution in [3.05, 3.63) is 23.8 Å². The van der Waals surface area contributed by atoms with Crippen molar-refractivity contribution in [2.45, 2.75) is 4.90 Å². The minimum Gasteiger partial charge on any atom is -0.395 e. The molecular weight excluding hydrogens is 244 g/mol. The molecule has 92 valence electrons. The van der Waals surface area contributed by atoms with E-state index in [1.54, 1.807) is 18.0 Å². The van der Waals surface area contributed by atoms with Crippen molar-refractivity contribution in [2.75, 3.05) is 25.1 Å². The Balaban J connectivity index is 2.46. The molecule has 0 aromatic heterocycles. The Morgan fingerprint density at radius 2 is 2.12 bits per heavy atom. The predicted molar refractivity (Wildman–Crippen MR) is 61.4 cm³/mol. The fraction of sp³-hybridized carbons (Fsp3) is 0.300. The standard InChI is InChI=1S/C10H12N2O4S/c1-12(4-5-13)7-2-3-9-8(6-7)10(14)11-17(9,15)16/h2-3,6,13H,4-5H2,1H3,(H,11,14).